The number of hydrogen-bond donors (Lipinski definition) is 1. The minimum atomic E-state index is -0.176. The maximum atomic E-state index is 11.9. The van der Waals surface area contributed by atoms with Crippen molar-refractivity contribution in [3.8, 4) is 0 Å². The van der Waals surface area contributed by atoms with Crippen molar-refractivity contribution in [2.45, 2.75) is 20.3 Å². The third-order valence-corrected chi connectivity index (χ3v) is 2.85. The second-order valence-corrected chi connectivity index (χ2v) is 5.23. The average Bonchev–Trinajstić information content (AvgIpc) is 2.86. The largest absolute Gasteiger partial charge is 0.451 e. The molecule has 1 aromatic heterocycles. The van der Waals surface area contributed by atoms with Crippen molar-refractivity contribution in [2.24, 2.45) is 5.92 Å². The summed E-state index contributed by atoms with van der Waals surface area (Å²) in [5, 5.41) is 3.78. The fraction of sp³-hybridized carbons (Fsp3) is 0.438. The molecule has 2 aromatic rings. The summed E-state index contributed by atoms with van der Waals surface area (Å²) < 4.78 is 11.0. The highest BCUT2D eigenvalue weighted by atomic mass is 16.5. The summed E-state index contributed by atoms with van der Waals surface area (Å²) in [7, 11) is 0. The van der Waals surface area contributed by atoms with Gasteiger partial charge in [-0.2, -0.15) is 0 Å². The van der Waals surface area contributed by atoms with E-state index in [1.807, 2.05) is 24.3 Å². The molecule has 0 saturated heterocycles. The minimum absolute atomic E-state index is 0.176. The molecular formula is C16H21NO3. The van der Waals surface area contributed by atoms with E-state index in [4.69, 9.17) is 9.15 Å². The van der Waals surface area contributed by atoms with Crippen molar-refractivity contribution < 1.29 is 13.9 Å². The summed E-state index contributed by atoms with van der Waals surface area (Å²) in [4.78, 5) is 11.9. The maximum absolute atomic E-state index is 11.9. The predicted molar refractivity (Wildman–Crippen MR) is 78.8 cm³/mol. The number of rotatable bonds is 7. The molecule has 0 aliphatic rings. The molecule has 0 saturated carbocycles. The van der Waals surface area contributed by atoms with Crippen LogP contribution in [0.2, 0.25) is 0 Å². The van der Waals surface area contributed by atoms with Crippen LogP contribution in [0.25, 0.3) is 11.0 Å². The molecule has 0 spiro atoms. The Morgan fingerprint density at radius 1 is 1.35 bits per heavy atom. The number of benzene rings is 1. The van der Waals surface area contributed by atoms with Gasteiger partial charge in [-0.05, 0) is 24.5 Å². The van der Waals surface area contributed by atoms with E-state index in [1.165, 1.54) is 0 Å². The molecule has 4 heteroatoms. The Morgan fingerprint density at radius 3 is 2.90 bits per heavy atom. The van der Waals surface area contributed by atoms with Gasteiger partial charge in [0.2, 0.25) is 0 Å². The van der Waals surface area contributed by atoms with E-state index in [0.29, 0.717) is 24.8 Å². The van der Waals surface area contributed by atoms with E-state index in [2.05, 4.69) is 19.2 Å². The van der Waals surface area contributed by atoms with Gasteiger partial charge in [0.25, 0.3) is 5.91 Å². The van der Waals surface area contributed by atoms with Gasteiger partial charge in [0, 0.05) is 25.1 Å². The molecule has 4 nitrogen and oxygen atoms in total. The normalized spacial score (nSPS) is 11.2. The number of para-hydroxylation sites is 1. The number of furan rings is 1. The highest BCUT2D eigenvalue weighted by molar-refractivity contribution is 5.95. The van der Waals surface area contributed by atoms with E-state index in [1.54, 1.807) is 6.07 Å². The molecule has 1 aromatic carbocycles. The lowest BCUT2D eigenvalue weighted by atomic mass is 10.2. The lowest BCUT2D eigenvalue weighted by molar-refractivity contribution is 0.0902. The number of nitrogens with one attached hydrogen (secondary N) is 1. The first kappa shape index (κ1) is 14.6. The Bertz CT molecular complexity index is 527. The van der Waals surface area contributed by atoms with Crippen molar-refractivity contribution in [3.63, 3.8) is 0 Å². The first-order chi connectivity index (χ1) is 9.66. The van der Waals surface area contributed by atoms with Crippen LogP contribution in [0, 0.1) is 5.92 Å². The Kier molecular flexibility index (Phi) is 5.18. The molecule has 0 atom stereocenters. The SMILES string of the molecule is CC(C)COCCCNC(=O)c1cc2ccccc2o1. The highest BCUT2D eigenvalue weighted by Gasteiger charge is 2.10. The second-order valence-electron chi connectivity index (χ2n) is 5.23. The lowest BCUT2D eigenvalue weighted by Crippen LogP contribution is -2.25. The van der Waals surface area contributed by atoms with Crippen LogP contribution < -0.4 is 5.32 Å². The van der Waals surface area contributed by atoms with Crippen LogP contribution in [0.5, 0.6) is 0 Å². The summed E-state index contributed by atoms with van der Waals surface area (Å²) in [6.45, 7) is 6.25. The molecule has 108 valence electrons. The van der Waals surface area contributed by atoms with Gasteiger partial charge in [-0.1, -0.05) is 32.0 Å². The number of carbonyl (C=O) groups excluding carboxylic acids is 1. The Morgan fingerprint density at radius 2 is 2.15 bits per heavy atom. The zero-order chi connectivity index (χ0) is 14.4. The summed E-state index contributed by atoms with van der Waals surface area (Å²) >= 11 is 0. The van der Waals surface area contributed by atoms with E-state index in [9.17, 15) is 4.79 Å². The lowest BCUT2D eigenvalue weighted by Gasteiger charge is -2.06. The van der Waals surface area contributed by atoms with Crippen LogP contribution in [0.15, 0.2) is 34.7 Å². The Hall–Kier alpha value is -1.81. The fourth-order valence-corrected chi connectivity index (χ4v) is 1.88. The summed E-state index contributed by atoms with van der Waals surface area (Å²) in [5.74, 6) is 0.722. The third-order valence-electron chi connectivity index (χ3n) is 2.85. The number of carbonyl (C=O) groups is 1. The highest BCUT2D eigenvalue weighted by Crippen LogP contribution is 2.18. The third kappa shape index (κ3) is 4.10. The summed E-state index contributed by atoms with van der Waals surface area (Å²) in [5.41, 5.74) is 0.734. The van der Waals surface area contributed by atoms with Gasteiger partial charge < -0.3 is 14.5 Å². The molecule has 1 heterocycles. The van der Waals surface area contributed by atoms with E-state index >= 15 is 0 Å². The van der Waals surface area contributed by atoms with Gasteiger partial charge >= 0.3 is 0 Å². The van der Waals surface area contributed by atoms with Gasteiger partial charge in [-0.25, -0.2) is 0 Å². The van der Waals surface area contributed by atoms with Crippen LogP contribution in [-0.2, 0) is 4.74 Å². The van der Waals surface area contributed by atoms with Crippen LogP contribution in [-0.4, -0.2) is 25.7 Å². The molecule has 0 aliphatic carbocycles. The molecule has 0 radical (unpaired) electrons. The molecule has 2 rings (SSSR count). The van der Waals surface area contributed by atoms with Gasteiger partial charge in [0.1, 0.15) is 5.58 Å². The second kappa shape index (κ2) is 7.10. The van der Waals surface area contributed by atoms with Crippen molar-refractivity contribution in [1.29, 1.82) is 0 Å². The van der Waals surface area contributed by atoms with Crippen LogP contribution in [0.3, 0.4) is 0 Å². The first-order valence-corrected chi connectivity index (χ1v) is 7.01. The van der Waals surface area contributed by atoms with Crippen molar-refractivity contribution in [1.82, 2.24) is 5.32 Å². The van der Waals surface area contributed by atoms with E-state index < -0.39 is 0 Å². The Balaban J connectivity index is 1.74. The number of ether oxygens (including phenoxy) is 1. The van der Waals surface area contributed by atoms with Crippen molar-refractivity contribution in [3.05, 3.63) is 36.1 Å². The summed E-state index contributed by atoms with van der Waals surface area (Å²) in [6.07, 6.45) is 0.804. The molecule has 0 aliphatic heterocycles. The topological polar surface area (TPSA) is 51.5 Å². The molecule has 1 amide bonds. The van der Waals surface area contributed by atoms with Crippen molar-refractivity contribution in [2.75, 3.05) is 19.8 Å². The molecule has 20 heavy (non-hydrogen) atoms. The smallest absolute Gasteiger partial charge is 0.287 e. The quantitative estimate of drug-likeness (QED) is 0.789. The van der Waals surface area contributed by atoms with Gasteiger partial charge in [0.15, 0.2) is 5.76 Å². The molecule has 0 fully saturated rings. The zero-order valence-corrected chi connectivity index (χ0v) is 12.0. The first-order valence-electron chi connectivity index (χ1n) is 7.01. The van der Waals surface area contributed by atoms with Crippen LogP contribution in [0.1, 0.15) is 30.8 Å². The average molecular weight is 275 g/mol. The van der Waals surface area contributed by atoms with Crippen LogP contribution in [0.4, 0.5) is 0 Å². The van der Waals surface area contributed by atoms with Gasteiger partial charge in [0.05, 0.1) is 0 Å². The molecule has 1 N–H and O–H groups in total. The van der Waals surface area contributed by atoms with Crippen molar-refractivity contribution >= 4 is 16.9 Å². The van der Waals surface area contributed by atoms with Gasteiger partial charge in [-0.15, -0.1) is 0 Å². The molecule has 0 bridgehead atoms. The summed E-state index contributed by atoms with van der Waals surface area (Å²) in [6, 6.07) is 9.35. The van der Waals surface area contributed by atoms with Gasteiger partial charge in [-0.3, -0.25) is 4.79 Å². The zero-order valence-electron chi connectivity index (χ0n) is 12.0. The monoisotopic (exact) mass is 275 g/mol. The number of fused-ring (bicyclic) bond motifs is 1. The molecular weight excluding hydrogens is 254 g/mol. The number of hydrogen-bond acceptors (Lipinski definition) is 3. The fourth-order valence-electron chi connectivity index (χ4n) is 1.88. The molecule has 0 unspecified atom stereocenters. The Labute approximate surface area is 119 Å². The van der Waals surface area contributed by atoms with E-state index in [0.717, 1.165) is 24.0 Å². The maximum Gasteiger partial charge on any atom is 0.287 e. The van der Waals surface area contributed by atoms with E-state index in [-0.39, 0.29) is 5.91 Å². The predicted octanol–water partition coefficient (Wildman–Crippen LogP) is 3.23. The minimum Gasteiger partial charge on any atom is -0.451 e. The standard InChI is InChI=1S/C16H21NO3/c1-12(2)11-19-9-5-8-17-16(18)15-10-13-6-3-4-7-14(13)20-15/h3-4,6-7,10,12H,5,8-9,11H2,1-2H3,(H,17,18). The number of amides is 1. The van der Waals surface area contributed by atoms with Crippen LogP contribution >= 0.6 is 0 Å².